The highest BCUT2D eigenvalue weighted by atomic mass is 16.4. The number of carboxylic acids is 1. The fourth-order valence-corrected chi connectivity index (χ4v) is 3.26. The van der Waals surface area contributed by atoms with E-state index in [1.165, 1.54) is 0 Å². The van der Waals surface area contributed by atoms with E-state index in [-0.39, 0.29) is 30.3 Å². The molecule has 3 aromatic rings. The molecule has 0 heterocycles. The molecule has 0 fully saturated rings. The van der Waals surface area contributed by atoms with Gasteiger partial charge in [0.15, 0.2) is 0 Å². The minimum absolute atomic E-state index is 0.0548. The lowest BCUT2D eigenvalue weighted by Crippen LogP contribution is -2.33. The molecule has 0 spiro atoms. The molecule has 2 amide bonds. The van der Waals surface area contributed by atoms with Crippen LogP contribution in [0.25, 0.3) is 10.8 Å². The monoisotopic (exact) mass is 443 g/mol. The zero-order valence-corrected chi connectivity index (χ0v) is 18.1. The van der Waals surface area contributed by atoms with Crippen LogP contribution in [0.1, 0.15) is 21.5 Å². The lowest BCUT2D eigenvalue weighted by molar-refractivity contribution is -0.132. The average molecular weight is 444 g/mol. The third-order valence-electron chi connectivity index (χ3n) is 5.11. The third-order valence-corrected chi connectivity index (χ3v) is 5.11. The molecule has 7 heteroatoms. The number of nitrogens with one attached hydrogen (secondary N) is 3. The number of rotatable bonds is 10. The zero-order valence-electron chi connectivity index (χ0n) is 18.1. The maximum absolute atomic E-state index is 12.9. The number of amides is 2. The summed E-state index contributed by atoms with van der Waals surface area (Å²) in [7, 11) is 0. The Morgan fingerprint density at radius 3 is 2.18 bits per heavy atom. The summed E-state index contributed by atoms with van der Waals surface area (Å²) in [5.74, 6) is -1.96. The summed E-state index contributed by atoms with van der Waals surface area (Å²) < 4.78 is 0. The van der Waals surface area contributed by atoms with Gasteiger partial charge in [-0.3, -0.25) is 9.59 Å². The number of benzene rings is 3. The Kier molecular flexibility index (Phi) is 7.60. The van der Waals surface area contributed by atoms with Gasteiger partial charge in [-0.15, -0.1) is 0 Å². The van der Waals surface area contributed by atoms with Crippen LogP contribution in [0.4, 0.5) is 0 Å². The second-order valence-corrected chi connectivity index (χ2v) is 7.40. The molecule has 0 saturated carbocycles. The summed E-state index contributed by atoms with van der Waals surface area (Å²) in [6.45, 7) is 7.41. The lowest BCUT2D eigenvalue weighted by Gasteiger charge is -2.14. The first kappa shape index (κ1) is 23.3. The van der Waals surface area contributed by atoms with Crippen LogP contribution in [0.15, 0.2) is 91.2 Å². The molecule has 0 unspecified atom stereocenters. The summed E-state index contributed by atoms with van der Waals surface area (Å²) in [5.41, 5.74) is 2.11. The molecule has 0 atom stereocenters. The average Bonchev–Trinajstić information content (AvgIpc) is 2.84. The largest absolute Gasteiger partial charge is 0.478 e. The quantitative estimate of drug-likeness (QED) is 0.360. The Balaban J connectivity index is 1.61. The van der Waals surface area contributed by atoms with Crippen molar-refractivity contribution in [2.24, 2.45) is 0 Å². The standard InChI is InChI=1S/C26H25N3O4/c1-17(26(32)33)14-28-24(30)18(2)27-15-21-9-4-6-13-23(21)25(31)29-16-20-11-7-10-19-8-3-5-12-22(19)20/h3-13,27H,1-2,14-16H2,(H,28,30)(H,29,31)(H,32,33). The number of hydrogen-bond acceptors (Lipinski definition) is 4. The smallest absolute Gasteiger partial charge is 0.332 e. The molecule has 33 heavy (non-hydrogen) atoms. The molecule has 4 N–H and O–H groups in total. The van der Waals surface area contributed by atoms with Gasteiger partial charge in [0, 0.05) is 30.8 Å². The van der Waals surface area contributed by atoms with Crippen LogP contribution in [0.3, 0.4) is 0 Å². The van der Waals surface area contributed by atoms with Crippen molar-refractivity contribution in [1.82, 2.24) is 16.0 Å². The van der Waals surface area contributed by atoms with E-state index in [1.54, 1.807) is 24.3 Å². The first-order chi connectivity index (χ1) is 15.9. The minimum atomic E-state index is -1.18. The van der Waals surface area contributed by atoms with E-state index in [4.69, 9.17) is 5.11 Å². The van der Waals surface area contributed by atoms with E-state index < -0.39 is 11.9 Å². The molecule has 3 rings (SSSR count). The number of carbonyl (C=O) groups excluding carboxylic acids is 2. The second kappa shape index (κ2) is 10.8. The highest BCUT2D eigenvalue weighted by Crippen LogP contribution is 2.18. The van der Waals surface area contributed by atoms with Gasteiger partial charge in [0.05, 0.1) is 5.70 Å². The van der Waals surface area contributed by atoms with E-state index in [1.807, 2.05) is 42.5 Å². The van der Waals surface area contributed by atoms with Crippen molar-refractivity contribution in [3.8, 4) is 0 Å². The van der Waals surface area contributed by atoms with Crippen molar-refractivity contribution in [2.75, 3.05) is 6.54 Å². The van der Waals surface area contributed by atoms with Gasteiger partial charge in [-0.2, -0.15) is 0 Å². The van der Waals surface area contributed by atoms with E-state index in [0.717, 1.165) is 16.3 Å². The molecule has 0 radical (unpaired) electrons. The maximum atomic E-state index is 12.9. The predicted molar refractivity (Wildman–Crippen MR) is 127 cm³/mol. The molecule has 0 aliphatic heterocycles. The molecular formula is C26H25N3O4. The third kappa shape index (κ3) is 6.07. The van der Waals surface area contributed by atoms with Crippen LogP contribution in [0.5, 0.6) is 0 Å². The molecule has 0 aromatic heterocycles. The molecule has 0 aliphatic rings. The van der Waals surface area contributed by atoms with Crippen LogP contribution in [0, 0.1) is 0 Å². The molecule has 168 valence electrons. The summed E-state index contributed by atoms with van der Waals surface area (Å²) in [4.78, 5) is 35.8. The van der Waals surface area contributed by atoms with Gasteiger partial charge >= 0.3 is 5.97 Å². The fraction of sp³-hybridized carbons (Fsp3) is 0.115. The number of aliphatic carboxylic acids is 1. The van der Waals surface area contributed by atoms with E-state index in [2.05, 4.69) is 29.1 Å². The summed E-state index contributed by atoms with van der Waals surface area (Å²) in [6, 6.07) is 21.1. The van der Waals surface area contributed by atoms with Gasteiger partial charge in [0.25, 0.3) is 11.8 Å². The van der Waals surface area contributed by atoms with Gasteiger partial charge < -0.3 is 21.1 Å². The van der Waals surface area contributed by atoms with Crippen LogP contribution >= 0.6 is 0 Å². The topological polar surface area (TPSA) is 108 Å². The van der Waals surface area contributed by atoms with Crippen molar-refractivity contribution < 1.29 is 19.5 Å². The number of carbonyl (C=O) groups is 3. The van der Waals surface area contributed by atoms with Crippen LogP contribution in [-0.2, 0) is 22.7 Å². The van der Waals surface area contributed by atoms with Crippen LogP contribution < -0.4 is 16.0 Å². The fourth-order valence-electron chi connectivity index (χ4n) is 3.26. The van der Waals surface area contributed by atoms with Gasteiger partial charge in [0.1, 0.15) is 0 Å². The molecule has 3 aromatic carbocycles. The predicted octanol–water partition coefficient (Wildman–Crippen LogP) is 3.13. The van der Waals surface area contributed by atoms with Crippen molar-refractivity contribution >= 4 is 28.6 Å². The Labute approximate surface area is 191 Å². The zero-order chi connectivity index (χ0) is 23.8. The molecule has 0 aliphatic carbocycles. The lowest BCUT2D eigenvalue weighted by atomic mass is 10.0. The van der Waals surface area contributed by atoms with Crippen molar-refractivity contribution in [3.05, 3.63) is 108 Å². The number of hydrogen-bond donors (Lipinski definition) is 4. The summed E-state index contributed by atoms with van der Waals surface area (Å²) in [6.07, 6.45) is 0. The van der Waals surface area contributed by atoms with Gasteiger partial charge in [0.2, 0.25) is 0 Å². The van der Waals surface area contributed by atoms with Gasteiger partial charge in [-0.1, -0.05) is 73.8 Å². The van der Waals surface area contributed by atoms with E-state index >= 15 is 0 Å². The molecule has 7 nitrogen and oxygen atoms in total. The molecular weight excluding hydrogens is 418 g/mol. The number of carboxylic acid groups (broad SMARTS) is 1. The van der Waals surface area contributed by atoms with E-state index in [0.29, 0.717) is 17.7 Å². The SMILES string of the molecule is C=C(CNC(=O)C(=C)NCc1ccccc1C(=O)NCc1cccc2ccccc12)C(=O)O. The Morgan fingerprint density at radius 2 is 1.39 bits per heavy atom. The first-order valence-corrected chi connectivity index (χ1v) is 10.3. The van der Waals surface area contributed by atoms with E-state index in [9.17, 15) is 14.4 Å². The van der Waals surface area contributed by atoms with Crippen LogP contribution in [0.2, 0.25) is 0 Å². The van der Waals surface area contributed by atoms with Gasteiger partial charge in [-0.05, 0) is 28.0 Å². The second-order valence-electron chi connectivity index (χ2n) is 7.40. The van der Waals surface area contributed by atoms with Crippen molar-refractivity contribution in [1.29, 1.82) is 0 Å². The first-order valence-electron chi connectivity index (χ1n) is 10.3. The highest BCUT2D eigenvalue weighted by Gasteiger charge is 2.14. The van der Waals surface area contributed by atoms with Crippen molar-refractivity contribution in [2.45, 2.75) is 13.1 Å². The Morgan fingerprint density at radius 1 is 0.758 bits per heavy atom. The van der Waals surface area contributed by atoms with Crippen LogP contribution in [-0.4, -0.2) is 29.4 Å². The van der Waals surface area contributed by atoms with Gasteiger partial charge in [-0.25, -0.2) is 4.79 Å². The normalized spacial score (nSPS) is 10.3. The molecule has 0 saturated heterocycles. The Bertz CT molecular complexity index is 1230. The number of fused-ring (bicyclic) bond motifs is 1. The Hall–Kier alpha value is -4.39. The maximum Gasteiger partial charge on any atom is 0.332 e. The highest BCUT2D eigenvalue weighted by molar-refractivity contribution is 5.96. The molecule has 0 bridgehead atoms. The van der Waals surface area contributed by atoms with Crippen molar-refractivity contribution in [3.63, 3.8) is 0 Å². The summed E-state index contributed by atoms with van der Waals surface area (Å²) >= 11 is 0. The minimum Gasteiger partial charge on any atom is -0.478 e. The summed E-state index contributed by atoms with van der Waals surface area (Å²) in [5, 5.41) is 19.3.